The Morgan fingerprint density at radius 3 is 2.51 bits per heavy atom. The van der Waals surface area contributed by atoms with Gasteiger partial charge in [-0.3, -0.25) is 14.5 Å². The average Bonchev–Trinajstić information content (AvgIpc) is 3.32. The van der Waals surface area contributed by atoms with Crippen LogP contribution in [-0.2, 0) is 16.1 Å². The van der Waals surface area contributed by atoms with Crippen molar-refractivity contribution in [2.45, 2.75) is 6.54 Å². The summed E-state index contributed by atoms with van der Waals surface area (Å²) in [7, 11) is 0. The van der Waals surface area contributed by atoms with Crippen molar-refractivity contribution in [1.82, 2.24) is 4.57 Å². The van der Waals surface area contributed by atoms with E-state index in [0.29, 0.717) is 20.6 Å². The maximum Gasteiger partial charge on any atom is 0.270 e. The molecule has 0 saturated carbocycles. The molecule has 0 spiro atoms. The van der Waals surface area contributed by atoms with Crippen LogP contribution in [0.25, 0.3) is 17.0 Å². The summed E-state index contributed by atoms with van der Waals surface area (Å²) in [4.78, 5) is 27.9. The number of hydrogen-bond acceptors (Lipinski definition) is 4. The smallest absolute Gasteiger partial charge is 0.270 e. The molecule has 1 N–H and O–H groups in total. The molecule has 0 radical (unpaired) electrons. The lowest BCUT2D eigenvalue weighted by Gasteiger charge is -2.14. The fourth-order valence-corrected chi connectivity index (χ4v) is 5.39. The second kappa shape index (κ2) is 9.77. The van der Waals surface area contributed by atoms with Crippen LogP contribution in [0.15, 0.2) is 88.4 Å². The van der Waals surface area contributed by atoms with Crippen LogP contribution >= 0.6 is 39.9 Å². The van der Waals surface area contributed by atoms with E-state index in [-0.39, 0.29) is 24.2 Å². The number of aromatic nitrogens is 1. The maximum atomic E-state index is 13.2. The summed E-state index contributed by atoms with van der Waals surface area (Å²) in [5.41, 5.74) is 2.89. The van der Waals surface area contributed by atoms with Gasteiger partial charge in [-0.25, -0.2) is 4.39 Å². The highest BCUT2D eigenvalue weighted by Gasteiger charge is 2.33. The number of amides is 2. The second-order valence-electron chi connectivity index (χ2n) is 7.78. The Hall–Kier alpha value is -3.27. The molecule has 0 aliphatic carbocycles. The third kappa shape index (κ3) is 4.93. The molecule has 0 unspecified atom stereocenters. The van der Waals surface area contributed by atoms with Gasteiger partial charge in [0.15, 0.2) is 4.32 Å². The van der Waals surface area contributed by atoms with Crippen LogP contribution in [0.1, 0.15) is 5.56 Å². The number of thiocarbonyl (C=S) groups is 1. The lowest BCUT2D eigenvalue weighted by atomic mass is 10.1. The predicted octanol–water partition coefficient (Wildman–Crippen LogP) is 6.59. The van der Waals surface area contributed by atoms with Gasteiger partial charge < -0.3 is 9.88 Å². The van der Waals surface area contributed by atoms with Crippen LogP contribution in [0.2, 0.25) is 0 Å². The Balaban J connectivity index is 1.42. The van der Waals surface area contributed by atoms with Crippen molar-refractivity contribution >= 4 is 84.4 Å². The molecule has 5 rings (SSSR count). The Bertz CT molecular complexity index is 1500. The van der Waals surface area contributed by atoms with Crippen molar-refractivity contribution < 1.29 is 14.0 Å². The van der Waals surface area contributed by atoms with Crippen molar-refractivity contribution in [3.63, 3.8) is 0 Å². The first-order valence-electron chi connectivity index (χ1n) is 10.6. The fraction of sp³-hybridized carbons (Fsp3) is 0.0385. The number of thioether (sulfide) groups is 1. The number of hydrogen-bond donors (Lipinski definition) is 1. The van der Waals surface area contributed by atoms with Crippen molar-refractivity contribution in [2.24, 2.45) is 0 Å². The van der Waals surface area contributed by atoms with Crippen LogP contribution in [0.3, 0.4) is 0 Å². The first-order valence-corrected chi connectivity index (χ1v) is 12.6. The minimum Gasteiger partial charge on any atom is -0.337 e. The van der Waals surface area contributed by atoms with E-state index in [4.69, 9.17) is 12.2 Å². The quantitative estimate of drug-likeness (QED) is 0.219. The minimum absolute atomic E-state index is 0.0611. The van der Waals surface area contributed by atoms with Crippen molar-refractivity contribution in [2.75, 3.05) is 10.2 Å². The first-order chi connectivity index (χ1) is 16.9. The van der Waals surface area contributed by atoms with Gasteiger partial charge in [-0.2, -0.15) is 0 Å². The predicted molar refractivity (Wildman–Crippen MR) is 147 cm³/mol. The Morgan fingerprint density at radius 2 is 1.77 bits per heavy atom. The molecule has 1 aromatic heterocycles. The molecule has 174 valence electrons. The fourth-order valence-electron chi connectivity index (χ4n) is 3.83. The van der Waals surface area contributed by atoms with Crippen LogP contribution in [0.4, 0.5) is 15.8 Å². The molecule has 35 heavy (non-hydrogen) atoms. The zero-order valence-corrected chi connectivity index (χ0v) is 21.3. The summed E-state index contributed by atoms with van der Waals surface area (Å²) in [6.45, 7) is 0.0611. The molecule has 5 nitrogen and oxygen atoms in total. The number of anilines is 2. The highest BCUT2D eigenvalue weighted by molar-refractivity contribution is 9.10. The van der Waals surface area contributed by atoms with Gasteiger partial charge in [0.25, 0.3) is 5.91 Å². The molecule has 0 atom stereocenters. The molecule has 1 aliphatic heterocycles. The van der Waals surface area contributed by atoms with Crippen LogP contribution in [0.5, 0.6) is 0 Å². The lowest BCUT2D eigenvalue weighted by Crippen LogP contribution is -2.27. The molecule has 0 bridgehead atoms. The van der Waals surface area contributed by atoms with Crippen LogP contribution in [0, 0.1) is 5.82 Å². The van der Waals surface area contributed by atoms with Crippen molar-refractivity contribution in [3.05, 3.63) is 99.8 Å². The third-order valence-corrected chi connectivity index (χ3v) is 7.26. The Kier molecular flexibility index (Phi) is 6.55. The number of rotatable bonds is 5. The number of para-hydroxylation sites is 1. The van der Waals surface area contributed by atoms with E-state index in [1.807, 2.05) is 65.4 Å². The Labute approximate surface area is 218 Å². The van der Waals surface area contributed by atoms with E-state index >= 15 is 0 Å². The van der Waals surface area contributed by atoms with E-state index in [9.17, 15) is 14.0 Å². The molecule has 2 amide bonds. The van der Waals surface area contributed by atoms with E-state index in [0.717, 1.165) is 20.9 Å². The average molecular weight is 566 g/mol. The number of carbonyl (C=O) groups is 2. The molecule has 1 aliphatic rings. The van der Waals surface area contributed by atoms with Gasteiger partial charge in [0.1, 0.15) is 12.4 Å². The summed E-state index contributed by atoms with van der Waals surface area (Å²) in [5, 5.41) is 3.69. The van der Waals surface area contributed by atoms with E-state index in [2.05, 4.69) is 21.2 Å². The number of nitrogens with zero attached hydrogens (tertiary/aromatic N) is 2. The van der Waals surface area contributed by atoms with E-state index in [1.165, 1.54) is 40.9 Å². The van der Waals surface area contributed by atoms with Gasteiger partial charge in [0, 0.05) is 32.8 Å². The lowest BCUT2D eigenvalue weighted by molar-refractivity contribution is -0.116. The van der Waals surface area contributed by atoms with Gasteiger partial charge in [-0.15, -0.1) is 0 Å². The summed E-state index contributed by atoms with van der Waals surface area (Å²) in [6.07, 6.45) is 3.66. The Morgan fingerprint density at radius 1 is 1.06 bits per heavy atom. The van der Waals surface area contributed by atoms with Crippen LogP contribution in [-0.4, -0.2) is 20.7 Å². The van der Waals surface area contributed by atoms with Gasteiger partial charge >= 0.3 is 0 Å². The van der Waals surface area contributed by atoms with Gasteiger partial charge in [0.05, 0.1) is 10.6 Å². The second-order valence-corrected chi connectivity index (χ2v) is 10.4. The van der Waals surface area contributed by atoms with Crippen molar-refractivity contribution in [3.8, 4) is 0 Å². The molecule has 1 saturated heterocycles. The molecule has 4 aromatic rings. The number of halogens is 2. The number of fused-ring (bicyclic) bond motifs is 1. The number of benzene rings is 3. The third-order valence-electron chi connectivity index (χ3n) is 5.43. The standard InChI is InChI=1S/C26H17BrFN3O2S2/c27-17-5-11-20(12-6-17)31-25(33)23(35-26(31)34)13-16-14-30(22-4-2-1-3-21(16)22)15-24(32)29-19-9-7-18(28)8-10-19/h1-14H,15H2,(H,29,32)/b23-13-. The largest absolute Gasteiger partial charge is 0.337 e. The van der Waals surface area contributed by atoms with Gasteiger partial charge in [-0.05, 0) is 60.7 Å². The van der Waals surface area contributed by atoms with Gasteiger partial charge in [-0.1, -0.05) is 58.1 Å². The molecule has 3 aromatic carbocycles. The first kappa shape index (κ1) is 23.5. The zero-order valence-electron chi connectivity index (χ0n) is 18.1. The molecule has 1 fully saturated rings. The van der Waals surface area contributed by atoms with Crippen molar-refractivity contribution in [1.29, 1.82) is 0 Å². The molecule has 9 heteroatoms. The maximum absolute atomic E-state index is 13.2. The number of carbonyl (C=O) groups excluding carboxylic acids is 2. The normalized spacial score (nSPS) is 14.8. The molecular weight excluding hydrogens is 549 g/mol. The highest BCUT2D eigenvalue weighted by atomic mass is 79.9. The van der Waals surface area contributed by atoms with Gasteiger partial charge in [0.2, 0.25) is 5.91 Å². The molecule has 2 heterocycles. The molecular formula is C26H17BrFN3O2S2. The minimum atomic E-state index is -0.366. The topological polar surface area (TPSA) is 54.3 Å². The van der Waals surface area contributed by atoms with E-state index in [1.54, 1.807) is 0 Å². The summed E-state index contributed by atoms with van der Waals surface area (Å²) >= 11 is 10.1. The SMILES string of the molecule is O=C(Cn1cc(/C=C2\SC(=S)N(c3ccc(Br)cc3)C2=O)c2ccccc21)Nc1ccc(F)cc1. The summed E-state index contributed by atoms with van der Waals surface area (Å²) in [5.74, 6) is -0.798. The van der Waals surface area contributed by atoms with Crippen LogP contribution < -0.4 is 10.2 Å². The zero-order chi connectivity index (χ0) is 24.5. The highest BCUT2D eigenvalue weighted by Crippen LogP contribution is 2.37. The summed E-state index contributed by atoms with van der Waals surface area (Å²) in [6, 6.07) is 20.7. The van der Waals surface area contributed by atoms with E-state index < -0.39 is 0 Å². The monoisotopic (exact) mass is 565 g/mol. The summed E-state index contributed by atoms with van der Waals surface area (Å²) < 4.78 is 16.4. The number of nitrogens with one attached hydrogen (secondary N) is 1.